The average molecular weight is 420 g/mol. The van der Waals surface area contributed by atoms with E-state index < -0.39 is 5.97 Å². The van der Waals surface area contributed by atoms with Gasteiger partial charge >= 0.3 is 5.97 Å². The Kier molecular flexibility index (Phi) is 6.08. The van der Waals surface area contributed by atoms with Gasteiger partial charge in [-0.3, -0.25) is 9.78 Å². The van der Waals surface area contributed by atoms with Crippen molar-refractivity contribution in [2.75, 3.05) is 19.7 Å². The van der Waals surface area contributed by atoms with Crippen LogP contribution in [0.15, 0.2) is 61.1 Å². The van der Waals surface area contributed by atoms with Crippen LogP contribution in [0.25, 0.3) is 16.9 Å². The van der Waals surface area contributed by atoms with Crippen LogP contribution >= 0.6 is 0 Å². The highest BCUT2D eigenvalue weighted by Crippen LogP contribution is 2.24. The number of pyridine rings is 1. The van der Waals surface area contributed by atoms with Crippen molar-refractivity contribution in [3.8, 4) is 16.9 Å². The Labute approximate surface area is 180 Å². The van der Waals surface area contributed by atoms with Gasteiger partial charge in [-0.2, -0.15) is 5.10 Å². The fourth-order valence-corrected chi connectivity index (χ4v) is 3.63. The summed E-state index contributed by atoms with van der Waals surface area (Å²) < 4.78 is 12.6. The Hall–Kier alpha value is -3.52. The van der Waals surface area contributed by atoms with Gasteiger partial charge in [-0.05, 0) is 38.1 Å². The normalized spacial score (nSPS) is 18.6. The van der Waals surface area contributed by atoms with Gasteiger partial charge in [-0.1, -0.05) is 18.2 Å². The number of ether oxygens (including phenoxy) is 2. The number of para-hydroxylation sites is 1. The third-order valence-electron chi connectivity index (χ3n) is 4.99. The van der Waals surface area contributed by atoms with Crippen molar-refractivity contribution in [2.45, 2.75) is 26.1 Å². The summed E-state index contributed by atoms with van der Waals surface area (Å²) in [5.41, 5.74) is 2.21. The molecule has 1 saturated heterocycles. The molecule has 3 heterocycles. The summed E-state index contributed by atoms with van der Waals surface area (Å²) in [6.45, 7) is 4.46. The van der Waals surface area contributed by atoms with Crippen LogP contribution in [-0.4, -0.2) is 63.4 Å². The quantitative estimate of drug-likeness (QED) is 0.590. The highest BCUT2D eigenvalue weighted by atomic mass is 16.5. The van der Waals surface area contributed by atoms with E-state index >= 15 is 0 Å². The number of benzene rings is 1. The number of morpholine rings is 1. The molecule has 2 atom stereocenters. The van der Waals surface area contributed by atoms with Gasteiger partial charge in [0.2, 0.25) is 0 Å². The first-order valence-corrected chi connectivity index (χ1v) is 10.2. The summed E-state index contributed by atoms with van der Waals surface area (Å²) in [6, 6.07) is 13.1. The van der Waals surface area contributed by atoms with Crippen LogP contribution in [0, 0.1) is 0 Å². The van der Waals surface area contributed by atoms with Crippen molar-refractivity contribution >= 4 is 11.9 Å². The van der Waals surface area contributed by atoms with E-state index in [0.29, 0.717) is 24.3 Å². The fraction of sp³-hybridized carbons (Fsp3) is 0.304. The van der Waals surface area contributed by atoms with Crippen LogP contribution in [0.2, 0.25) is 0 Å². The van der Waals surface area contributed by atoms with Crippen LogP contribution < -0.4 is 0 Å². The number of esters is 1. The Balaban J connectivity index is 1.54. The van der Waals surface area contributed by atoms with E-state index in [-0.39, 0.29) is 30.3 Å². The van der Waals surface area contributed by atoms with E-state index in [1.807, 2.05) is 50.2 Å². The van der Waals surface area contributed by atoms with Crippen molar-refractivity contribution in [3.63, 3.8) is 0 Å². The number of amides is 1. The summed E-state index contributed by atoms with van der Waals surface area (Å²) in [5, 5.41) is 4.57. The standard InChI is InChI=1S/C23H24N4O4/c1-16-12-26(13-17(2)31-16)21(28)15-30-23(29)20-14-27(19-8-4-3-5-9-19)25-22(20)18-7-6-10-24-11-18/h3-11,14,16-17H,12-13,15H2,1-2H3. The largest absolute Gasteiger partial charge is 0.452 e. The summed E-state index contributed by atoms with van der Waals surface area (Å²) in [4.78, 5) is 31.3. The number of nitrogens with zero attached hydrogens (tertiary/aromatic N) is 4. The van der Waals surface area contributed by atoms with E-state index in [2.05, 4.69) is 10.1 Å². The smallest absolute Gasteiger partial charge is 0.342 e. The molecule has 1 fully saturated rings. The molecular formula is C23H24N4O4. The molecule has 0 bridgehead atoms. The van der Waals surface area contributed by atoms with E-state index in [9.17, 15) is 9.59 Å². The predicted molar refractivity (Wildman–Crippen MR) is 114 cm³/mol. The van der Waals surface area contributed by atoms with Gasteiger partial charge in [0, 0.05) is 37.2 Å². The first kappa shape index (κ1) is 20.7. The Morgan fingerprint density at radius 2 is 1.84 bits per heavy atom. The first-order chi connectivity index (χ1) is 15.0. The number of aromatic nitrogens is 3. The molecule has 4 rings (SSSR count). The second-order valence-electron chi connectivity index (χ2n) is 7.55. The molecule has 1 aliphatic heterocycles. The lowest BCUT2D eigenvalue weighted by atomic mass is 10.1. The maximum atomic E-state index is 12.9. The molecule has 0 spiro atoms. The minimum atomic E-state index is -0.608. The van der Waals surface area contributed by atoms with E-state index in [4.69, 9.17) is 9.47 Å². The van der Waals surface area contributed by atoms with Gasteiger partial charge in [0.15, 0.2) is 6.61 Å². The summed E-state index contributed by atoms with van der Waals surface area (Å²) in [5.74, 6) is -0.850. The summed E-state index contributed by atoms with van der Waals surface area (Å²) >= 11 is 0. The van der Waals surface area contributed by atoms with E-state index in [1.165, 1.54) is 0 Å². The summed E-state index contributed by atoms with van der Waals surface area (Å²) in [7, 11) is 0. The lowest BCUT2D eigenvalue weighted by Crippen LogP contribution is -2.49. The second-order valence-corrected chi connectivity index (χ2v) is 7.55. The SMILES string of the molecule is CC1CN(C(=O)COC(=O)c2cn(-c3ccccc3)nc2-c2cccnc2)CC(C)O1. The van der Waals surface area contributed by atoms with Crippen molar-refractivity contribution < 1.29 is 19.1 Å². The van der Waals surface area contributed by atoms with Crippen LogP contribution in [0.5, 0.6) is 0 Å². The number of carbonyl (C=O) groups excluding carboxylic acids is 2. The molecule has 1 aliphatic rings. The molecule has 0 aliphatic carbocycles. The topological polar surface area (TPSA) is 86.6 Å². The van der Waals surface area contributed by atoms with Crippen molar-refractivity contribution in [1.82, 2.24) is 19.7 Å². The highest BCUT2D eigenvalue weighted by Gasteiger charge is 2.27. The van der Waals surface area contributed by atoms with Gasteiger partial charge < -0.3 is 14.4 Å². The molecule has 2 aromatic heterocycles. The van der Waals surface area contributed by atoms with Crippen LogP contribution in [-0.2, 0) is 14.3 Å². The zero-order valence-electron chi connectivity index (χ0n) is 17.5. The summed E-state index contributed by atoms with van der Waals surface area (Å²) in [6.07, 6.45) is 4.80. The molecule has 0 radical (unpaired) electrons. The molecular weight excluding hydrogens is 396 g/mol. The van der Waals surface area contributed by atoms with Crippen molar-refractivity contribution in [2.24, 2.45) is 0 Å². The number of rotatable bonds is 5. The van der Waals surface area contributed by atoms with Crippen LogP contribution in [0.3, 0.4) is 0 Å². The van der Waals surface area contributed by atoms with Gasteiger partial charge in [-0.25, -0.2) is 9.48 Å². The molecule has 0 saturated carbocycles. The Morgan fingerprint density at radius 1 is 1.10 bits per heavy atom. The average Bonchev–Trinajstić information content (AvgIpc) is 3.23. The second kappa shape index (κ2) is 9.09. The molecule has 0 N–H and O–H groups in total. The zero-order chi connectivity index (χ0) is 21.8. The maximum absolute atomic E-state index is 12.9. The van der Waals surface area contributed by atoms with Crippen LogP contribution in [0.4, 0.5) is 0 Å². The molecule has 8 heteroatoms. The van der Waals surface area contributed by atoms with Crippen LogP contribution in [0.1, 0.15) is 24.2 Å². The van der Waals surface area contributed by atoms with E-state index in [0.717, 1.165) is 5.69 Å². The molecule has 3 aromatic rings. The molecule has 1 aromatic carbocycles. The van der Waals surface area contributed by atoms with Crippen molar-refractivity contribution in [3.05, 3.63) is 66.6 Å². The Bertz CT molecular complexity index is 1040. The molecule has 8 nitrogen and oxygen atoms in total. The van der Waals surface area contributed by atoms with Crippen molar-refractivity contribution in [1.29, 1.82) is 0 Å². The van der Waals surface area contributed by atoms with Gasteiger partial charge in [0.25, 0.3) is 5.91 Å². The maximum Gasteiger partial charge on any atom is 0.342 e. The molecule has 31 heavy (non-hydrogen) atoms. The third kappa shape index (κ3) is 4.80. The first-order valence-electron chi connectivity index (χ1n) is 10.2. The number of carbonyl (C=O) groups is 2. The van der Waals surface area contributed by atoms with E-state index in [1.54, 1.807) is 34.2 Å². The lowest BCUT2D eigenvalue weighted by Gasteiger charge is -2.35. The fourth-order valence-electron chi connectivity index (χ4n) is 3.63. The minimum Gasteiger partial charge on any atom is -0.452 e. The molecule has 1 amide bonds. The van der Waals surface area contributed by atoms with Gasteiger partial charge in [0.1, 0.15) is 11.3 Å². The number of hydrogen-bond acceptors (Lipinski definition) is 6. The predicted octanol–water partition coefficient (Wildman–Crippen LogP) is 2.73. The molecule has 2 unspecified atom stereocenters. The Morgan fingerprint density at radius 3 is 2.52 bits per heavy atom. The highest BCUT2D eigenvalue weighted by molar-refractivity contribution is 5.97. The molecule has 160 valence electrons. The van der Waals surface area contributed by atoms with Gasteiger partial charge in [-0.15, -0.1) is 0 Å². The minimum absolute atomic E-state index is 0.0512. The third-order valence-corrected chi connectivity index (χ3v) is 4.99. The van der Waals surface area contributed by atoms with Gasteiger partial charge in [0.05, 0.1) is 17.9 Å². The zero-order valence-corrected chi connectivity index (χ0v) is 17.5. The lowest BCUT2D eigenvalue weighted by molar-refractivity contribution is -0.146. The monoisotopic (exact) mass is 420 g/mol. The number of hydrogen-bond donors (Lipinski definition) is 0.